The van der Waals surface area contributed by atoms with Gasteiger partial charge in [0.1, 0.15) is 10.8 Å². The van der Waals surface area contributed by atoms with Crippen LogP contribution in [-0.2, 0) is 4.79 Å². The number of ether oxygens (including phenoxy) is 1. The van der Waals surface area contributed by atoms with Gasteiger partial charge in [-0.2, -0.15) is 4.99 Å². The molecule has 10 heavy (non-hydrogen) atoms. The maximum absolute atomic E-state index is 9.75. The molecule has 1 heterocycles. The number of aliphatic imine (C=N–C) groups is 1. The van der Waals surface area contributed by atoms with Gasteiger partial charge in [0.2, 0.25) is 6.08 Å². The third kappa shape index (κ3) is 1.43. The van der Waals surface area contributed by atoms with Crippen molar-refractivity contribution in [1.29, 1.82) is 0 Å². The van der Waals surface area contributed by atoms with Crippen molar-refractivity contribution in [3.8, 4) is 5.75 Å². The van der Waals surface area contributed by atoms with Gasteiger partial charge in [0.15, 0.2) is 0 Å². The third-order valence-electron chi connectivity index (χ3n) is 0.953. The number of rotatable bonds is 2. The molecule has 1 aromatic rings. The van der Waals surface area contributed by atoms with Gasteiger partial charge < -0.3 is 4.74 Å². The number of thiophene rings is 1. The van der Waals surface area contributed by atoms with Crippen LogP contribution in [0.15, 0.2) is 16.4 Å². The number of nitrogens with zero attached hydrogens (tertiary/aromatic N) is 1. The molecular weight excluding hydrogens is 150 g/mol. The maximum Gasteiger partial charge on any atom is 0.241 e. The molecule has 0 amide bonds. The van der Waals surface area contributed by atoms with Crippen LogP contribution >= 0.6 is 11.3 Å². The van der Waals surface area contributed by atoms with E-state index < -0.39 is 0 Å². The molecular formula is C6H5NO2S. The Labute approximate surface area is 62.0 Å². The van der Waals surface area contributed by atoms with Crippen LogP contribution in [0.5, 0.6) is 5.75 Å². The Morgan fingerprint density at radius 3 is 3.10 bits per heavy atom. The summed E-state index contributed by atoms with van der Waals surface area (Å²) in [5.74, 6) is 0.721. The van der Waals surface area contributed by atoms with Crippen molar-refractivity contribution in [1.82, 2.24) is 0 Å². The molecule has 1 aromatic heterocycles. The lowest BCUT2D eigenvalue weighted by molar-refractivity contribution is 0.417. The topological polar surface area (TPSA) is 38.7 Å². The lowest BCUT2D eigenvalue weighted by Gasteiger charge is -1.87. The van der Waals surface area contributed by atoms with E-state index in [9.17, 15) is 4.79 Å². The molecule has 0 atom stereocenters. The Morgan fingerprint density at radius 2 is 2.60 bits per heavy atom. The second kappa shape index (κ2) is 3.15. The fraction of sp³-hybridized carbons (Fsp3) is 0.167. The van der Waals surface area contributed by atoms with Gasteiger partial charge in [-0.15, -0.1) is 11.3 Å². The normalized spacial score (nSPS) is 8.50. The summed E-state index contributed by atoms with van der Waals surface area (Å²) >= 11 is 1.34. The molecule has 4 heteroatoms. The smallest absolute Gasteiger partial charge is 0.241 e. The van der Waals surface area contributed by atoms with E-state index in [-0.39, 0.29) is 0 Å². The minimum Gasteiger partial charge on any atom is -0.496 e. The number of methoxy groups -OCH3 is 1. The Kier molecular flexibility index (Phi) is 2.20. The number of isocyanates is 1. The molecule has 0 aromatic carbocycles. The van der Waals surface area contributed by atoms with Crippen LogP contribution in [-0.4, -0.2) is 13.2 Å². The first-order chi connectivity index (χ1) is 4.86. The molecule has 0 N–H and O–H groups in total. The minimum atomic E-state index is 0.617. The average Bonchev–Trinajstić information content (AvgIpc) is 2.37. The lowest BCUT2D eigenvalue weighted by atomic mass is 10.6. The summed E-state index contributed by atoms with van der Waals surface area (Å²) in [6.45, 7) is 0. The zero-order valence-electron chi connectivity index (χ0n) is 5.33. The number of hydrogen-bond acceptors (Lipinski definition) is 4. The lowest BCUT2D eigenvalue weighted by Crippen LogP contribution is -1.74. The van der Waals surface area contributed by atoms with Crippen molar-refractivity contribution in [3.63, 3.8) is 0 Å². The molecule has 0 saturated carbocycles. The van der Waals surface area contributed by atoms with Crippen molar-refractivity contribution >= 4 is 22.4 Å². The summed E-state index contributed by atoms with van der Waals surface area (Å²) in [5, 5.41) is 2.39. The van der Waals surface area contributed by atoms with Gasteiger partial charge in [-0.25, -0.2) is 4.79 Å². The van der Waals surface area contributed by atoms with E-state index in [1.54, 1.807) is 18.6 Å². The zero-order valence-corrected chi connectivity index (χ0v) is 6.14. The first kappa shape index (κ1) is 6.99. The highest BCUT2D eigenvalue weighted by atomic mass is 32.1. The minimum absolute atomic E-state index is 0.617. The maximum atomic E-state index is 9.75. The highest BCUT2D eigenvalue weighted by Crippen LogP contribution is 2.27. The second-order valence-electron chi connectivity index (χ2n) is 1.53. The zero-order chi connectivity index (χ0) is 7.40. The molecule has 52 valence electrons. The van der Waals surface area contributed by atoms with E-state index in [1.165, 1.54) is 17.4 Å². The van der Waals surface area contributed by atoms with Crippen LogP contribution in [0.4, 0.5) is 5.00 Å². The Balaban J connectivity index is 2.87. The van der Waals surface area contributed by atoms with Crippen molar-refractivity contribution < 1.29 is 9.53 Å². The van der Waals surface area contributed by atoms with Crippen LogP contribution in [0.1, 0.15) is 0 Å². The van der Waals surface area contributed by atoms with E-state index in [0.29, 0.717) is 5.00 Å². The first-order valence-electron chi connectivity index (χ1n) is 2.57. The monoisotopic (exact) mass is 155 g/mol. The van der Waals surface area contributed by atoms with E-state index in [2.05, 4.69) is 4.99 Å². The van der Waals surface area contributed by atoms with Gasteiger partial charge in [-0.1, -0.05) is 0 Å². The SMILES string of the molecule is COc1csc(N=C=O)c1. The van der Waals surface area contributed by atoms with Gasteiger partial charge in [0, 0.05) is 11.4 Å². The van der Waals surface area contributed by atoms with Crippen molar-refractivity contribution in [2.75, 3.05) is 7.11 Å². The molecule has 0 radical (unpaired) electrons. The number of hydrogen-bond donors (Lipinski definition) is 0. The average molecular weight is 155 g/mol. The van der Waals surface area contributed by atoms with Crippen LogP contribution in [0.3, 0.4) is 0 Å². The summed E-state index contributed by atoms with van der Waals surface area (Å²) in [6, 6.07) is 1.68. The predicted molar refractivity (Wildman–Crippen MR) is 38.7 cm³/mol. The van der Waals surface area contributed by atoms with E-state index in [1.807, 2.05) is 0 Å². The standard InChI is InChI=1S/C6H5NO2S/c1-9-5-2-6(7-4-8)10-3-5/h2-3H,1H3. The van der Waals surface area contributed by atoms with Gasteiger partial charge in [-0.3, -0.25) is 0 Å². The predicted octanol–water partition coefficient (Wildman–Crippen LogP) is 1.72. The fourth-order valence-electron chi connectivity index (χ4n) is 0.519. The van der Waals surface area contributed by atoms with Gasteiger partial charge in [0.25, 0.3) is 0 Å². The summed E-state index contributed by atoms with van der Waals surface area (Å²) in [7, 11) is 1.57. The van der Waals surface area contributed by atoms with Crippen LogP contribution < -0.4 is 4.74 Å². The Bertz CT molecular complexity index is 262. The molecule has 0 saturated heterocycles. The second-order valence-corrected chi connectivity index (χ2v) is 2.42. The van der Waals surface area contributed by atoms with E-state index >= 15 is 0 Å². The molecule has 1 rings (SSSR count). The summed E-state index contributed by atoms with van der Waals surface area (Å²) < 4.78 is 4.86. The fourth-order valence-corrected chi connectivity index (χ4v) is 1.19. The van der Waals surface area contributed by atoms with Crippen LogP contribution in [0.25, 0.3) is 0 Å². The molecule has 0 aliphatic heterocycles. The number of carbonyl (C=O) groups excluding carboxylic acids is 1. The third-order valence-corrected chi connectivity index (χ3v) is 1.75. The molecule has 3 nitrogen and oxygen atoms in total. The molecule has 0 unspecified atom stereocenters. The highest BCUT2D eigenvalue weighted by molar-refractivity contribution is 7.14. The van der Waals surface area contributed by atoms with Gasteiger partial charge in [0.05, 0.1) is 7.11 Å². The highest BCUT2D eigenvalue weighted by Gasteiger charge is 1.95. The molecule has 0 spiro atoms. The molecule has 0 bridgehead atoms. The molecule has 0 aliphatic rings. The van der Waals surface area contributed by atoms with Crippen molar-refractivity contribution in [2.24, 2.45) is 4.99 Å². The summed E-state index contributed by atoms with van der Waals surface area (Å²) in [6.07, 6.45) is 1.45. The Morgan fingerprint density at radius 1 is 1.80 bits per heavy atom. The quantitative estimate of drug-likeness (QED) is 0.481. The summed E-state index contributed by atoms with van der Waals surface area (Å²) in [4.78, 5) is 13.2. The van der Waals surface area contributed by atoms with Crippen LogP contribution in [0, 0.1) is 0 Å². The summed E-state index contributed by atoms with van der Waals surface area (Å²) in [5.41, 5.74) is 0. The largest absolute Gasteiger partial charge is 0.496 e. The molecule has 0 fully saturated rings. The first-order valence-corrected chi connectivity index (χ1v) is 3.45. The van der Waals surface area contributed by atoms with Crippen molar-refractivity contribution in [2.45, 2.75) is 0 Å². The molecule has 0 aliphatic carbocycles. The van der Waals surface area contributed by atoms with Crippen LogP contribution in [0.2, 0.25) is 0 Å². The van der Waals surface area contributed by atoms with Gasteiger partial charge >= 0.3 is 0 Å². The van der Waals surface area contributed by atoms with Gasteiger partial charge in [-0.05, 0) is 0 Å². The van der Waals surface area contributed by atoms with E-state index in [4.69, 9.17) is 4.74 Å². The Hall–Kier alpha value is -1.12. The van der Waals surface area contributed by atoms with Crippen molar-refractivity contribution in [3.05, 3.63) is 11.4 Å². The van der Waals surface area contributed by atoms with E-state index in [0.717, 1.165) is 5.75 Å².